The Balaban J connectivity index is 1.10. The van der Waals surface area contributed by atoms with E-state index in [0.717, 1.165) is 28.1 Å². The summed E-state index contributed by atoms with van der Waals surface area (Å²) in [7, 11) is 0. The number of carbonyl (C=O) groups is 1. The van der Waals surface area contributed by atoms with Crippen LogP contribution in [0.1, 0.15) is 37.3 Å². The maximum absolute atomic E-state index is 12.0. The van der Waals surface area contributed by atoms with E-state index < -0.39 is 0 Å². The van der Waals surface area contributed by atoms with Crippen LogP contribution in [-0.4, -0.2) is 45.4 Å². The Morgan fingerprint density at radius 2 is 2.06 bits per heavy atom. The predicted molar refractivity (Wildman–Crippen MR) is 130 cm³/mol. The second kappa shape index (κ2) is 8.69. The standard InChI is InChI=1S/C23H26N8OS/c32-23(12-25-16-3-4-16)26-17-5-7-18(8-6-17)33-30-13-21-24-9-10-31(21)22(14-30)27-20-11-19(28-29-20)15-1-2-15/h5-11,14-16,25H,1-4,12-13H2,(H,26,32)(H2,27,28,29)/q+1. The molecule has 2 aliphatic heterocycles. The van der Waals surface area contributed by atoms with E-state index in [4.69, 9.17) is 0 Å². The first-order valence-electron chi connectivity index (χ1n) is 11.3. The smallest absolute Gasteiger partial charge is 0.285 e. The molecule has 4 aliphatic rings. The highest BCUT2D eigenvalue weighted by Gasteiger charge is 2.38. The highest BCUT2D eigenvalue weighted by molar-refractivity contribution is 7.97. The Kier molecular flexibility index (Phi) is 5.41. The van der Waals surface area contributed by atoms with Crippen LogP contribution in [0.3, 0.4) is 0 Å². The molecule has 9 nitrogen and oxygen atoms in total. The fourth-order valence-electron chi connectivity index (χ4n) is 3.80. The van der Waals surface area contributed by atoms with Crippen LogP contribution in [0.2, 0.25) is 0 Å². The minimum absolute atomic E-state index is 0.00738. The van der Waals surface area contributed by atoms with Crippen LogP contribution >= 0.6 is 11.9 Å². The van der Waals surface area contributed by atoms with Crippen LogP contribution < -0.4 is 20.9 Å². The minimum atomic E-state index is -0.00738. The third-order valence-electron chi connectivity index (χ3n) is 5.90. The first kappa shape index (κ1) is 20.5. The minimum Gasteiger partial charge on any atom is -0.325 e. The summed E-state index contributed by atoms with van der Waals surface area (Å²) in [6.45, 7) is 1.04. The molecule has 10 heteroatoms. The van der Waals surface area contributed by atoms with Crippen molar-refractivity contribution in [3.05, 3.63) is 60.4 Å². The van der Waals surface area contributed by atoms with E-state index in [1.54, 1.807) is 11.9 Å². The van der Waals surface area contributed by atoms with E-state index in [2.05, 4.69) is 52.6 Å². The van der Waals surface area contributed by atoms with Gasteiger partial charge in [-0.2, -0.15) is 10.1 Å². The summed E-state index contributed by atoms with van der Waals surface area (Å²) in [5.41, 5.74) is 2.00. The lowest BCUT2D eigenvalue weighted by atomic mass is 10.3. The topological polar surface area (TPSA) is 103 Å². The van der Waals surface area contributed by atoms with Gasteiger partial charge in [0.15, 0.2) is 12.0 Å². The Labute approximate surface area is 196 Å². The van der Waals surface area contributed by atoms with E-state index in [-0.39, 0.29) is 5.91 Å². The SMILES string of the molecule is O=C(CNC1CC1)Nc1ccc(SN2C=C(Nc3cc(C4CC4)[nH]n3)[N+]3C=CN=C3C2)cc1. The van der Waals surface area contributed by atoms with Crippen LogP contribution in [0.15, 0.2) is 64.6 Å². The van der Waals surface area contributed by atoms with Gasteiger partial charge in [0.2, 0.25) is 5.91 Å². The summed E-state index contributed by atoms with van der Waals surface area (Å²) in [5, 5.41) is 17.2. The highest BCUT2D eigenvalue weighted by Crippen LogP contribution is 2.39. The first-order chi connectivity index (χ1) is 16.2. The molecule has 0 atom stereocenters. The molecular weight excluding hydrogens is 436 g/mol. The lowest BCUT2D eigenvalue weighted by Crippen LogP contribution is -2.42. The van der Waals surface area contributed by atoms with Crippen molar-refractivity contribution in [2.45, 2.75) is 42.5 Å². The van der Waals surface area contributed by atoms with E-state index in [0.29, 0.717) is 25.0 Å². The molecule has 33 heavy (non-hydrogen) atoms. The van der Waals surface area contributed by atoms with Gasteiger partial charge < -0.3 is 10.6 Å². The Morgan fingerprint density at radius 1 is 1.21 bits per heavy atom. The van der Waals surface area contributed by atoms with Gasteiger partial charge in [-0.15, -0.1) is 0 Å². The summed E-state index contributed by atoms with van der Waals surface area (Å²) in [5.74, 6) is 3.30. The first-order valence-corrected chi connectivity index (χ1v) is 12.1. The van der Waals surface area contributed by atoms with Crippen molar-refractivity contribution in [1.29, 1.82) is 0 Å². The van der Waals surface area contributed by atoms with Crippen LogP contribution in [0.5, 0.6) is 0 Å². The molecule has 0 bridgehead atoms. The van der Waals surface area contributed by atoms with Gasteiger partial charge >= 0.3 is 0 Å². The number of amidine groups is 1. The fourth-order valence-corrected chi connectivity index (χ4v) is 4.67. The summed E-state index contributed by atoms with van der Waals surface area (Å²) in [6.07, 6.45) is 10.7. The number of nitrogens with one attached hydrogen (secondary N) is 4. The summed E-state index contributed by atoms with van der Waals surface area (Å²) < 4.78 is 2.15. The molecule has 1 aromatic heterocycles. The van der Waals surface area contributed by atoms with Gasteiger partial charge in [0.1, 0.15) is 6.54 Å². The molecule has 6 rings (SSSR count). The number of amides is 1. The largest absolute Gasteiger partial charge is 0.325 e. The van der Waals surface area contributed by atoms with Crippen LogP contribution in [0, 0.1) is 0 Å². The molecule has 0 spiro atoms. The number of aromatic nitrogens is 2. The van der Waals surface area contributed by atoms with Crippen molar-refractivity contribution in [3.8, 4) is 0 Å². The number of carbonyl (C=O) groups excluding carboxylic acids is 1. The van der Waals surface area contributed by atoms with Gasteiger partial charge in [-0.3, -0.25) is 19.5 Å². The van der Waals surface area contributed by atoms with Gasteiger partial charge in [0.25, 0.3) is 11.7 Å². The molecule has 169 valence electrons. The maximum atomic E-state index is 12.0. The average Bonchev–Trinajstić information content (AvgIpc) is 3.74. The third kappa shape index (κ3) is 4.97. The Morgan fingerprint density at radius 3 is 2.85 bits per heavy atom. The Bertz CT molecular complexity index is 1130. The van der Waals surface area contributed by atoms with Crippen molar-refractivity contribution in [2.24, 2.45) is 4.99 Å². The molecule has 2 saturated carbocycles. The van der Waals surface area contributed by atoms with E-state index in [9.17, 15) is 4.79 Å². The quantitative estimate of drug-likeness (QED) is 0.337. The number of hydrogen-bond donors (Lipinski definition) is 4. The number of aromatic amines is 1. The zero-order valence-corrected chi connectivity index (χ0v) is 18.9. The molecule has 2 fully saturated rings. The highest BCUT2D eigenvalue weighted by atomic mass is 32.2. The lowest BCUT2D eigenvalue weighted by Gasteiger charge is -2.24. The molecule has 1 amide bonds. The molecule has 1 radical (unpaired) electrons. The monoisotopic (exact) mass is 462 g/mol. The molecular formula is C23H26N8OS+. The second-order valence-electron chi connectivity index (χ2n) is 8.73. The van der Waals surface area contributed by atoms with Crippen molar-refractivity contribution < 1.29 is 4.79 Å². The van der Waals surface area contributed by atoms with Crippen LogP contribution in [0.25, 0.3) is 0 Å². The average molecular weight is 463 g/mol. The van der Waals surface area contributed by atoms with Crippen molar-refractivity contribution >= 4 is 35.2 Å². The summed E-state index contributed by atoms with van der Waals surface area (Å²) in [6, 6.07) is 10.5. The van der Waals surface area contributed by atoms with E-state index in [1.165, 1.54) is 31.4 Å². The van der Waals surface area contributed by atoms with Gasteiger partial charge in [-0.05, 0) is 66.8 Å². The number of anilines is 2. The van der Waals surface area contributed by atoms with E-state index in [1.807, 2.05) is 36.7 Å². The normalized spacial score (nSPS) is 19.8. The zero-order valence-electron chi connectivity index (χ0n) is 18.1. The number of nitrogens with zero attached hydrogens (tertiary/aromatic N) is 4. The maximum Gasteiger partial charge on any atom is 0.285 e. The molecule has 2 aliphatic carbocycles. The van der Waals surface area contributed by atoms with Crippen molar-refractivity contribution in [3.63, 3.8) is 0 Å². The molecule has 4 N–H and O–H groups in total. The van der Waals surface area contributed by atoms with Crippen LogP contribution in [-0.2, 0) is 4.79 Å². The number of rotatable bonds is 9. The number of aliphatic imine (C=N–C) groups is 1. The Hall–Kier alpha value is -3.08. The number of benzene rings is 1. The summed E-state index contributed by atoms with van der Waals surface area (Å²) in [4.78, 5) is 19.7. The second-order valence-corrected chi connectivity index (χ2v) is 9.85. The van der Waals surface area contributed by atoms with Crippen molar-refractivity contribution in [2.75, 3.05) is 23.7 Å². The van der Waals surface area contributed by atoms with Gasteiger partial charge in [-0.1, -0.05) is 0 Å². The molecule has 3 heterocycles. The predicted octanol–water partition coefficient (Wildman–Crippen LogP) is 3.23. The van der Waals surface area contributed by atoms with Crippen molar-refractivity contribution in [1.82, 2.24) is 24.7 Å². The zero-order chi connectivity index (χ0) is 22.2. The number of fused-ring (bicyclic) bond motifs is 1. The third-order valence-corrected chi connectivity index (χ3v) is 6.85. The van der Waals surface area contributed by atoms with Gasteiger partial charge in [0.05, 0.1) is 18.9 Å². The number of hydrogen-bond acceptors (Lipinski definition) is 8. The van der Waals surface area contributed by atoms with Crippen LogP contribution in [0.4, 0.5) is 11.5 Å². The molecule has 0 unspecified atom stereocenters. The van der Waals surface area contributed by atoms with E-state index >= 15 is 0 Å². The molecule has 2 aromatic rings. The lowest BCUT2D eigenvalue weighted by molar-refractivity contribution is -0.115. The van der Waals surface area contributed by atoms with Gasteiger partial charge in [0, 0.05) is 34.3 Å². The fraction of sp³-hybridized carbons (Fsp3) is 0.348. The summed E-state index contributed by atoms with van der Waals surface area (Å²) >= 11 is 1.63. The molecule has 0 saturated heterocycles. The molecule has 1 aromatic carbocycles. The van der Waals surface area contributed by atoms with Gasteiger partial charge in [-0.25, -0.2) is 0 Å². The number of H-pyrrole nitrogens is 1.